The molecule has 0 spiro atoms. The van der Waals surface area contributed by atoms with Crippen LogP contribution in [0.25, 0.3) is 11.3 Å². The Kier molecular flexibility index (Phi) is 11.2. The highest BCUT2D eigenvalue weighted by molar-refractivity contribution is 14.2. The number of aliphatic hydroxyl groups is 1. The normalized spacial score (nSPS) is 21.1. The van der Waals surface area contributed by atoms with Crippen LogP contribution < -0.4 is 0 Å². The largest absolute Gasteiger partial charge is 0.460 e. The molecular weight excluding hydrogens is 647 g/mol. The number of esters is 1. The van der Waals surface area contributed by atoms with E-state index in [1.165, 1.54) is 4.90 Å². The first-order chi connectivity index (χ1) is 20.0. The SMILES string of the molecule is CN(I=Cc1ccc(-c2ccc(CO)cc2)o1)C1=CC(=O)N(C2CCCCC(C(=O)OC(C)(C)C)CC2)C(=O)CCC1. The number of hydrogen-bond acceptors (Lipinski definition) is 7. The molecule has 2 aromatic rings. The molecule has 2 aliphatic rings. The van der Waals surface area contributed by atoms with E-state index in [2.05, 4.69) is 7.13 Å². The predicted molar refractivity (Wildman–Crippen MR) is 172 cm³/mol. The Balaban J connectivity index is 1.43. The Morgan fingerprint density at radius 1 is 1.05 bits per heavy atom. The van der Waals surface area contributed by atoms with Gasteiger partial charge in [0.15, 0.2) is 0 Å². The smallest absolute Gasteiger partial charge is 0.309 e. The Morgan fingerprint density at radius 3 is 2.50 bits per heavy atom. The van der Waals surface area contributed by atoms with Gasteiger partial charge in [-0.25, -0.2) is 0 Å². The van der Waals surface area contributed by atoms with Crippen LogP contribution >= 0.6 is 21.0 Å². The molecule has 2 amide bonds. The van der Waals surface area contributed by atoms with E-state index in [0.717, 1.165) is 54.0 Å². The zero-order valence-corrected chi connectivity index (χ0v) is 27.3. The number of imide groups is 1. The number of amides is 2. The molecule has 2 unspecified atom stereocenters. The number of benzene rings is 1. The number of rotatable bonds is 7. The monoisotopic (exact) mass is 690 g/mol. The quantitative estimate of drug-likeness (QED) is 0.153. The average molecular weight is 691 g/mol. The molecule has 0 saturated heterocycles. The molecule has 1 fully saturated rings. The fourth-order valence-corrected chi connectivity index (χ4v) is 7.20. The summed E-state index contributed by atoms with van der Waals surface area (Å²) in [6, 6.07) is 11.3. The maximum absolute atomic E-state index is 13.6. The van der Waals surface area contributed by atoms with Crippen LogP contribution in [0.15, 0.2) is 52.6 Å². The van der Waals surface area contributed by atoms with Gasteiger partial charge in [0.2, 0.25) is 5.91 Å². The van der Waals surface area contributed by atoms with Crippen molar-refractivity contribution in [2.75, 3.05) is 7.05 Å². The lowest BCUT2D eigenvalue weighted by Crippen LogP contribution is -2.45. The molecule has 2 heterocycles. The third-order valence-corrected chi connectivity index (χ3v) is 10.0. The van der Waals surface area contributed by atoms with E-state index in [1.54, 1.807) is 6.08 Å². The molecule has 1 aromatic carbocycles. The minimum atomic E-state index is -0.616. The van der Waals surface area contributed by atoms with Gasteiger partial charge in [-0.15, -0.1) is 0 Å². The van der Waals surface area contributed by atoms with Crippen molar-refractivity contribution in [3.8, 4) is 11.3 Å². The lowest BCUT2D eigenvalue weighted by molar-refractivity contribution is -0.160. The minimum absolute atomic E-state index is 0.00767. The minimum Gasteiger partial charge on any atom is -0.460 e. The number of nitrogens with zero attached hydrogens (tertiary/aromatic N) is 2. The van der Waals surface area contributed by atoms with E-state index in [9.17, 15) is 19.5 Å². The van der Waals surface area contributed by atoms with Crippen molar-refractivity contribution in [1.82, 2.24) is 8.01 Å². The molecule has 2 atom stereocenters. The third-order valence-electron chi connectivity index (χ3n) is 7.66. The maximum atomic E-state index is 13.6. The molecule has 228 valence electrons. The second-order valence-corrected chi connectivity index (χ2v) is 14.7. The van der Waals surface area contributed by atoms with E-state index in [0.29, 0.717) is 32.1 Å². The van der Waals surface area contributed by atoms with Crippen LogP contribution in [-0.2, 0) is 25.7 Å². The van der Waals surface area contributed by atoms with Crippen molar-refractivity contribution in [3.05, 3.63) is 59.5 Å². The standard InChI is InChI=1S/C33H43IN2O6/c1-33(2,3)42-32(40)25-8-5-6-9-26(17-16-25)36-30(38)11-7-10-27(20-31(36)39)35(4)34-21-28-18-19-29(41-28)24-14-12-23(22-37)13-15-24/h12-15,18-21,25-26,37H,5-11,16-17,22H2,1-4H3. The molecule has 0 bridgehead atoms. The summed E-state index contributed by atoms with van der Waals surface area (Å²) in [5.41, 5.74) is 2.20. The first-order valence-electron chi connectivity index (χ1n) is 14.8. The van der Waals surface area contributed by atoms with Crippen LogP contribution in [0, 0.1) is 5.92 Å². The number of hydrogen-bond donors (Lipinski definition) is 1. The van der Waals surface area contributed by atoms with Crippen molar-refractivity contribution < 1.29 is 28.6 Å². The van der Waals surface area contributed by atoms with Crippen molar-refractivity contribution in [2.45, 2.75) is 96.8 Å². The number of carbonyl (C=O) groups excluding carboxylic acids is 3. The van der Waals surface area contributed by atoms with Gasteiger partial charge < -0.3 is 17.4 Å². The van der Waals surface area contributed by atoms with Crippen molar-refractivity contribution in [1.29, 1.82) is 0 Å². The topological polar surface area (TPSA) is 100 Å². The maximum Gasteiger partial charge on any atom is 0.309 e. The first kappa shape index (κ1) is 32.1. The van der Waals surface area contributed by atoms with Gasteiger partial charge in [0.05, 0.1) is 12.5 Å². The van der Waals surface area contributed by atoms with Crippen molar-refractivity contribution in [2.24, 2.45) is 5.92 Å². The summed E-state index contributed by atoms with van der Waals surface area (Å²) in [5, 5.41) is 9.27. The second-order valence-electron chi connectivity index (χ2n) is 12.1. The van der Waals surface area contributed by atoms with Gasteiger partial charge in [-0.3, -0.25) is 19.3 Å². The Morgan fingerprint density at radius 2 is 1.79 bits per heavy atom. The fraction of sp³-hybridized carbons (Fsp3) is 0.515. The van der Waals surface area contributed by atoms with Crippen molar-refractivity contribution in [3.63, 3.8) is 0 Å². The summed E-state index contributed by atoms with van der Waals surface area (Å²) in [5.74, 6) is 0.789. The molecule has 1 aromatic heterocycles. The van der Waals surface area contributed by atoms with E-state index >= 15 is 0 Å². The summed E-state index contributed by atoms with van der Waals surface area (Å²) in [6.45, 7) is 5.63. The molecule has 42 heavy (non-hydrogen) atoms. The lowest BCUT2D eigenvalue weighted by atomic mass is 9.87. The zero-order chi connectivity index (χ0) is 30.3. The Labute approximate surface area is 259 Å². The average Bonchev–Trinajstić information content (AvgIpc) is 3.40. The van der Waals surface area contributed by atoms with Gasteiger partial charge >= 0.3 is 5.97 Å². The molecule has 9 heteroatoms. The molecule has 1 N–H and O–H groups in total. The third kappa shape index (κ3) is 8.86. The lowest BCUT2D eigenvalue weighted by Gasteiger charge is -2.34. The number of halogens is 1. The number of carbonyl (C=O) groups is 3. The fourth-order valence-electron chi connectivity index (χ4n) is 5.43. The van der Waals surface area contributed by atoms with Crippen LogP contribution in [0.1, 0.15) is 89.9 Å². The molecule has 1 aliphatic carbocycles. The van der Waals surface area contributed by atoms with Crippen LogP contribution in [0.3, 0.4) is 0 Å². The number of aliphatic hydroxyl groups excluding tert-OH is 1. The Bertz CT molecular complexity index is 1310. The number of furan rings is 1. The summed E-state index contributed by atoms with van der Waals surface area (Å²) < 4.78 is 15.9. The molecule has 1 saturated carbocycles. The van der Waals surface area contributed by atoms with Gasteiger partial charge in [-0.05, 0) is 77.0 Å². The van der Waals surface area contributed by atoms with E-state index in [1.807, 2.05) is 64.2 Å². The second kappa shape index (κ2) is 14.6. The van der Waals surface area contributed by atoms with Crippen molar-refractivity contribution >= 4 is 42.8 Å². The highest BCUT2D eigenvalue weighted by Crippen LogP contribution is 2.30. The van der Waals surface area contributed by atoms with Gasteiger partial charge in [0.25, 0.3) is 5.91 Å². The van der Waals surface area contributed by atoms with Crippen LogP contribution in [-0.4, -0.2) is 53.6 Å². The Hall–Kier alpha value is -2.79. The highest BCUT2D eigenvalue weighted by atomic mass is 127. The zero-order valence-electron chi connectivity index (χ0n) is 25.1. The summed E-state index contributed by atoms with van der Waals surface area (Å²) in [7, 11) is 2.00. The summed E-state index contributed by atoms with van der Waals surface area (Å²) >= 11 is -0.616. The summed E-state index contributed by atoms with van der Waals surface area (Å²) in [6.07, 6.45) is 7.86. The predicted octanol–water partition coefficient (Wildman–Crippen LogP) is 6.51. The van der Waals surface area contributed by atoms with Gasteiger partial charge in [-0.2, -0.15) is 0 Å². The van der Waals surface area contributed by atoms with Crippen LogP contribution in [0.5, 0.6) is 0 Å². The first-order valence-corrected chi connectivity index (χ1v) is 17.0. The number of ether oxygens (including phenoxy) is 1. The van der Waals surface area contributed by atoms with Gasteiger partial charge in [0, 0.05) is 61.9 Å². The number of allylic oxidation sites excluding steroid dienone is 1. The molecular formula is C33H43IN2O6. The summed E-state index contributed by atoms with van der Waals surface area (Å²) in [4.78, 5) is 41.0. The van der Waals surface area contributed by atoms with Gasteiger partial charge in [0.1, 0.15) is 17.1 Å². The van der Waals surface area contributed by atoms with Crippen LogP contribution in [0.2, 0.25) is 0 Å². The molecule has 0 radical (unpaired) electrons. The molecule has 4 rings (SSSR count). The van der Waals surface area contributed by atoms with E-state index in [4.69, 9.17) is 9.15 Å². The van der Waals surface area contributed by atoms with E-state index in [-0.39, 0.29) is 36.4 Å². The van der Waals surface area contributed by atoms with E-state index < -0.39 is 26.6 Å². The van der Waals surface area contributed by atoms with Gasteiger partial charge in [-0.1, -0.05) is 37.1 Å². The molecule has 1 aliphatic heterocycles. The highest BCUT2D eigenvalue weighted by Gasteiger charge is 2.33. The molecule has 8 nitrogen and oxygen atoms in total. The van der Waals surface area contributed by atoms with Crippen LogP contribution in [0.4, 0.5) is 0 Å².